The first-order valence-electron chi connectivity index (χ1n) is 21.3. The first kappa shape index (κ1) is 45.6. The smallest absolute Gasteiger partial charge is 0.257 e. The minimum absolute atomic E-state index is 0.0214. The molecule has 334 valence electrons. The number of amides is 3. The van der Waals surface area contributed by atoms with Crippen molar-refractivity contribution in [2.24, 2.45) is 9.98 Å². The molecule has 0 bridgehead atoms. The second-order valence-electron chi connectivity index (χ2n) is 16.5. The molecule has 2 fully saturated rings. The van der Waals surface area contributed by atoms with Crippen LogP contribution in [0.15, 0.2) is 75.7 Å². The Bertz CT molecular complexity index is 2210. The van der Waals surface area contributed by atoms with Crippen LogP contribution in [0.1, 0.15) is 91.6 Å². The first-order valence-corrected chi connectivity index (χ1v) is 23.9. The van der Waals surface area contributed by atoms with Crippen molar-refractivity contribution in [3.05, 3.63) is 88.0 Å². The molecule has 1 N–H and O–H groups in total. The van der Waals surface area contributed by atoms with Gasteiger partial charge < -0.3 is 38.8 Å². The zero-order chi connectivity index (χ0) is 44.7. The number of nitrogens with one attached hydrogen (secondary N) is 1. The number of ether oxygens (including phenoxy) is 5. The van der Waals surface area contributed by atoms with Crippen molar-refractivity contribution in [3.63, 3.8) is 0 Å². The summed E-state index contributed by atoms with van der Waals surface area (Å²) in [5.74, 6) is 2.18. The highest BCUT2D eigenvalue weighted by atomic mass is 33.1. The van der Waals surface area contributed by atoms with E-state index < -0.39 is 0 Å². The van der Waals surface area contributed by atoms with Crippen molar-refractivity contribution in [3.8, 4) is 28.7 Å². The SMILES string of the molecule is CC=C1C[C@H]2C=Nc3cc(OCc4cc(COc5cc6c(cc5OC)C(=O)N5CC(=CC)C[C@H]5C=N6)cc(OCCCNC(=O)CCC(C)(C)SSC)c4)c(OC)cc3C(=O)N2C1. The van der Waals surface area contributed by atoms with Crippen molar-refractivity contribution in [1.82, 2.24) is 15.1 Å². The number of carbonyl (C=O) groups is 3. The summed E-state index contributed by atoms with van der Waals surface area (Å²) in [6, 6.07) is 12.5. The van der Waals surface area contributed by atoms with Crippen LogP contribution in [0.2, 0.25) is 0 Å². The van der Waals surface area contributed by atoms with Crippen LogP contribution in [-0.2, 0) is 18.0 Å². The third kappa shape index (κ3) is 10.9. The molecule has 3 aromatic rings. The number of carbonyl (C=O) groups excluding carboxylic acids is 3. The van der Waals surface area contributed by atoms with Gasteiger partial charge in [-0.1, -0.05) is 44.9 Å². The number of benzene rings is 3. The monoisotopic (exact) mass is 895 g/mol. The van der Waals surface area contributed by atoms with Gasteiger partial charge in [0, 0.05) is 55.4 Å². The van der Waals surface area contributed by atoms with Crippen LogP contribution in [-0.4, -0.2) is 103 Å². The maximum absolute atomic E-state index is 13.7. The summed E-state index contributed by atoms with van der Waals surface area (Å²) >= 11 is 0. The van der Waals surface area contributed by atoms with E-state index in [0.29, 0.717) is 90.3 Å². The normalized spacial score (nSPS) is 19.0. The summed E-state index contributed by atoms with van der Waals surface area (Å²) in [4.78, 5) is 53.1. The molecule has 13 nitrogen and oxygen atoms in total. The van der Waals surface area contributed by atoms with Gasteiger partial charge in [0.2, 0.25) is 5.91 Å². The highest BCUT2D eigenvalue weighted by molar-refractivity contribution is 8.76. The minimum Gasteiger partial charge on any atom is -0.494 e. The molecular formula is C48H57N5O8S2. The Morgan fingerprint density at radius 1 is 0.778 bits per heavy atom. The quantitative estimate of drug-likeness (QED) is 0.0747. The summed E-state index contributed by atoms with van der Waals surface area (Å²) in [5, 5.41) is 3.02. The molecule has 63 heavy (non-hydrogen) atoms. The molecule has 4 heterocycles. The van der Waals surface area contributed by atoms with Crippen molar-refractivity contribution in [1.29, 1.82) is 0 Å². The third-order valence-electron chi connectivity index (χ3n) is 11.6. The number of hydrogen-bond acceptors (Lipinski definition) is 12. The van der Waals surface area contributed by atoms with Gasteiger partial charge in [0.05, 0.1) is 55.4 Å². The summed E-state index contributed by atoms with van der Waals surface area (Å²) in [5.41, 5.74) is 5.99. The number of methoxy groups -OCH3 is 2. The lowest BCUT2D eigenvalue weighted by atomic mass is 10.1. The van der Waals surface area contributed by atoms with Gasteiger partial charge in [0.15, 0.2) is 23.0 Å². The molecule has 4 aliphatic heterocycles. The molecule has 0 spiro atoms. The fourth-order valence-corrected chi connectivity index (χ4v) is 10.3. The Kier molecular flexibility index (Phi) is 14.8. The summed E-state index contributed by atoms with van der Waals surface area (Å²) in [6.07, 6.45) is 13.3. The average Bonchev–Trinajstić information content (AvgIpc) is 3.85. The molecular weight excluding hydrogens is 839 g/mol. The highest BCUT2D eigenvalue weighted by Crippen LogP contribution is 2.41. The van der Waals surface area contributed by atoms with E-state index in [4.69, 9.17) is 33.7 Å². The van der Waals surface area contributed by atoms with Crippen molar-refractivity contribution in [2.45, 2.75) is 89.8 Å². The molecule has 0 aliphatic carbocycles. The summed E-state index contributed by atoms with van der Waals surface area (Å²) in [7, 11) is 6.59. The number of hydrogen-bond donors (Lipinski definition) is 1. The van der Waals surface area contributed by atoms with E-state index in [-0.39, 0.29) is 47.8 Å². The molecule has 0 saturated carbocycles. The molecule has 0 aromatic heterocycles. The molecule has 7 rings (SSSR count). The second kappa shape index (κ2) is 20.4. The number of aliphatic imine (C=N–C) groups is 2. The standard InChI is InChI=1S/C48H57N5O8S2/c1-8-30-16-34-24-50-39-22-43(41(57-5)20-37(39)46(55)52(34)26-30)60-28-32-15-33(19-36(18-32)59-14-10-13-49-45(54)11-12-48(3,4)63-62-7)29-61-44-23-40-38(21-42(44)58-6)47(56)53-27-31(9-2)17-35(53)25-51-40/h8-9,15,18-25,34-35H,10-14,16-17,26-29H2,1-7H3,(H,49,54)/t34-,35-/m0/s1. The van der Waals surface area contributed by atoms with Gasteiger partial charge in [0.1, 0.15) is 19.0 Å². The number of fused-ring (bicyclic) bond motifs is 4. The van der Waals surface area contributed by atoms with Crippen LogP contribution >= 0.6 is 21.6 Å². The molecule has 3 aromatic carbocycles. The molecule has 3 amide bonds. The topological polar surface area (TPSA) is 141 Å². The lowest BCUT2D eigenvalue weighted by Crippen LogP contribution is -2.35. The predicted molar refractivity (Wildman–Crippen MR) is 251 cm³/mol. The van der Waals surface area contributed by atoms with Crippen LogP contribution in [0.5, 0.6) is 28.7 Å². The largest absolute Gasteiger partial charge is 0.494 e. The van der Waals surface area contributed by atoms with Crippen molar-refractivity contribution < 1.29 is 38.1 Å². The maximum Gasteiger partial charge on any atom is 0.257 e. The van der Waals surface area contributed by atoms with Crippen LogP contribution in [0, 0.1) is 0 Å². The van der Waals surface area contributed by atoms with Gasteiger partial charge in [-0.2, -0.15) is 0 Å². The number of nitrogens with zero attached hydrogens (tertiary/aromatic N) is 4. The second-order valence-corrected chi connectivity index (χ2v) is 19.6. The molecule has 4 aliphatic rings. The summed E-state index contributed by atoms with van der Waals surface area (Å²) in [6.45, 7) is 10.6. The summed E-state index contributed by atoms with van der Waals surface area (Å²) < 4.78 is 30.6. The number of rotatable bonds is 18. The Hall–Kier alpha value is -5.41. The van der Waals surface area contributed by atoms with E-state index in [1.165, 1.54) is 11.1 Å². The molecule has 0 radical (unpaired) electrons. The van der Waals surface area contributed by atoms with Crippen molar-refractivity contribution in [2.75, 3.05) is 46.7 Å². The van der Waals surface area contributed by atoms with Gasteiger partial charge in [-0.05, 0) is 101 Å². The Morgan fingerprint density at radius 2 is 1.30 bits per heavy atom. The zero-order valence-electron chi connectivity index (χ0n) is 37.2. The lowest BCUT2D eigenvalue weighted by Gasteiger charge is -2.21. The van der Waals surface area contributed by atoms with Gasteiger partial charge in [-0.25, -0.2) is 0 Å². The average molecular weight is 896 g/mol. The Labute approximate surface area is 378 Å². The van der Waals surface area contributed by atoms with Gasteiger partial charge >= 0.3 is 0 Å². The minimum atomic E-state index is -0.0991. The molecule has 2 atom stereocenters. The lowest BCUT2D eigenvalue weighted by molar-refractivity contribution is -0.121. The predicted octanol–water partition coefficient (Wildman–Crippen LogP) is 9.07. The van der Waals surface area contributed by atoms with Crippen LogP contribution in [0.4, 0.5) is 11.4 Å². The van der Waals surface area contributed by atoms with E-state index in [9.17, 15) is 14.4 Å². The fraction of sp³-hybridized carbons (Fsp3) is 0.438. The van der Waals surface area contributed by atoms with Crippen molar-refractivity contribution >= 4 is 63.1 Å². The Morgan fingerprint density at radius 3 is 1.78 bits per heavy atom. The van der Waals surface area contributed by atoms with E-state index in [0.717, 1.165) is 30.4 Å². The zero-order valence-corrected chi connectivity index (χ0v) is 38.8. The Balaban J connectivity index is 1.07. The fourth-order valence-electron chi connectivity index (χ4n) is 8.09. The molecule has 2 saturated heterocycles. The van der Waals surface area contributed by atoms with Crippen LogP contribution < -0.4 is 29.0 Å². The van der Waals surface area contributed by atoms with E-state index in [1.807, 2.05) is 60.5 Å². The molecule has 0 unspecified atom stereocenters. The van der Waals surface area contributed by atoms with Gasteiger partial charge in [-0.15, -0.1) is 0 Å². The highest BCUT2D eigenvalue weighted by Gasteiger charge is 2.36. The maximum atomic E-state index is 13.7. The van der Waals surface area contributed by atoms with Crippen LogP contribution in [0.25, 0.3) is 0 Å². The van der Waals surface area contributed by atoms with E-state index in [1.54, 1.807) is 60.1 Å². The van der Waals surface area contributed by atoms with Crippen LogP contribution in [0.3, 0.4) is 0 Å². The van der Waals surface area contributed by atoms with Gasteiger partial charge in [-0.3, -0.25) is 24.4 Å². The number of allylic oxidation sites excluding steroid dienone is 2. The van der Waals surface area contributed by atoms with Gasteiger partial charge in [0.25, 0.3) is 11.8 Å². The third-order valence-corrected chi connectivity index (χ3v) is 14.3. The first-order chi connectivity index (χ1) is 30.4. The molecule has 15 heteroatoms. The van der Waals surface area contributed by atoms with E-state index in [2.05, 4.69) is 31.3 Å². The van der Waals surface area contributed by atoms with E-state index >= 15 is 0 Å².